The number of nitrogens with one attached hydrogen (secondary N) is 1. The van der Waals surface area contributed by atoms with Crippen LogP contribution in [0, 0.1) is 0 Å². The lowest BCUT2D eigenvalue weighted by Gasteiger charge is -2.07. The molecule has 0 saturated carbocycles. The van der Waals surface area contributed by atoms with Gasteiger partial charge in [0.1, 0.15) is 5.15 Å². The molecular weight excluding hydrogens is 248 g/mol. The van der Waals surface area contributed by atoms with Gasteiger partial charge in [0, 0.05) is 24.1 Å². The number of hydrogen-bond donors (Lipinski definition) is 2. The zero-order chi connectivity index (χ0) is 12.8. The Morgan fingerprint density at radius 1 is 1.22 bits per heavy atom. The molecule has 0 amide bonds. The molecule has 0 aliphatic carbocycles. The van der Waals surface area contributed by atoms with Crippen molar-refractivity contribution in [1.82, 2.24) is 10.3 Å². The van der Waals surface area contributed by atoms with Crippen LogP contribution in [0.1, 0.15) is 18.4 Å². The third-order valence-electron chi connectivity index (χ3n) is 2.83. The third-order valence-corrected chi connectivity index (χ3v) is 3.15. The van der Waals surface area contributed by atoms with Gasteiger partial charge in [-0.05, 0) is 31.5 Å². The van der Waals surface area contributed by atoms with Gasteiger partial charge in [-0.25, -0.2) is 4.98 Å². The maximum Gasteiger partial charge on any atom is 0.134 e. The highest BCUT2D eigenvalue weighted by molar-refractivity contribution is 6.30. The number of halogens is 1. The van der Waals surface area contributed by atoms with Crippen molar-refractivity contribution in [3.05, 3.63) is 41.0 Å². The van der Waals surface area contributed by atoms with Gasteiger partial charge in [0.25, 0.3) is 0 Å². The van der Waals surface area contributed by atoms with Gasteiger partial charge in [-0.3, -0.25) is 0 Å². The summed E-state index contributed by atoms with van der Waals surface area (Å²) in [6, 6.07) is 10.0. The number of aliphatic hydroxyl groups is 1. The number of pyridine rings is 1. The summed E-state index contributed by atoms with van der Waals surface area (Å²) in [6.45, 7) is 1.84. The highest BCUT2D eigenvalue weighted by Crippen LogP contribution is 2.20. The molecule has 0 saturated heterocycles. The minimum atomic E-state index is 0.250. The van der Waals surface area contributed by atoms with E-state index in [0.717, 1.165) is 35.9 Å². The van der Waals surface area contributed by atoms with E-state index in [9.17, 15) is 0 Å². The number of nitrogens with zero attached hydrogens (tertiary/aromatic N) is 1. The summed E-state index contributed by atoms with van der Waals surface area (Å²) in [7, 11) is 0. The molecule has 0 spiro atoms. The monoisotopic (exact) mass is 264 g/mol. The Labute approximate surface area is 112 Å². The number of para-hydroxylation sites is 1. The minimum absolute atomic E-state index is 0.250. The van der Waals surface area contributed by atoms with Crippen molar-refractivity contribution in [3.8, 4) is 0 Å². The second-order valence-electron chi connectivity index (χ2n) is 4.24. The molecule has 2 N–H and O–H groups in total. The molecule has 0 aliphatic heterocycles. The fourth-order valence-electron chi connectivity index (χ4n) is 1.85. The molecule has 0 aliphatic rings. The first kappa shape index (κ1) is 13.3. The molecule has 0 radical (unpaired) electrons. The number of fused-ring (bicyclic) bond motifs is 1. The second kappa shape index (κ2) is 6.69. The molecule has 1 aromatic carbocycles. The number of hydrogen-bond acceptors (Lipinski definition) is 3. The normalized spacial score (nSPS) is 11.0. The molecule has 0 atom stereocenters. The van der Waals surface area contributed by atoms with Crippen molar-refractivity contribution in [3.63, 3.8) is 0 Å². The smallest absolute Gasteiger partial charge is 0.134 e. The van der Waals surface area contributed by atoms with Crippen molar-refractivity contribution in [2.24, 2.45) is 0 Å². The van der Waals surface area contributed by atoms with Crippen LogP contribution in [-0.2, 0) is 6.54 Å². The van der Waals surface area contributed by atoms with Crippen molar-refractivity contribution in [2.45, 2.75) is 19.4 Å². The SMILES string of the molecule is OCCCCNCc1cc2ccccc2nc1Cl. The number of aromatic nitrogens is 1. The standard InChI is InChI=1S/C14H17ClN2O/c15-14-12(10-16-7-3-4-8-18)9-11-5-1-2-6-13(11)17-14/h1-2,5-6,9,16,18H,3-4,7-8,10H2. The van der Waals surface area contributed by atoms with Gasteiger partial charge >= 0.3 is 0 Å². The van der Waals surface area contributed by atoms with Gasteiger partial charge in [-0.15, -0.1) is 0 Å². The van der Waals surface area contributed by atoms with Crippen LogP contribution in [0.4, 0.5) is 0 Å². The van der Waals surface area contributed by atoms with Crippen LogP contribution < -0.4 is 5.32 Å². The Morgan fingerprint density at radius 2 is 2.06 bits per heavy atom. The molecule has 4 heteroatoms. The van der Waals surface area contributed by atoms with E-state index in [4.69, 9.17) is 16.7 Å². The Kier molecular flexibility index (Phi) is 4.93. The predicted octanol–water partition coefficient (Wildman–Crippen LogP) is 2.75. The summed E-state index contributed by atoms with van der Waals surface area (Å²) in [4.78, 5) is 4.38. The van der Waals surface area contributed by atoms with E-state index in [1.54, 1.807) is 0 Å². The van der Waals surface area contributed by atoms with Crippen LogP contribution in [0.3, 0.4) is 0 Å². The maximum absolute atomic E-state index is 8.69. The van der Waals surface area contributed by atoms with Gasteiger partial charge in [-0.2, -0.15) is 0 Å². The molecular formula is C14H17ClN2O. The second-order valence-corrected chi connectivity index (χ2v) is 4.60. The third kappa shape index (κ3) is 3.42. The molecule has 0 unspecified atom stereocenters. The molecule has 1 heterocycles. The van der Waals surface area contributed by atoms with E-state index in [2.05, 4.69) is 16.4 Å². The van der Waals surface area contributed by atoms with E-state index in [1.807, 2.05) is 24.3 Å². The molecule has 96 valence electrons. The summed E-state index contributed by atoms with van der Waals surface area (Å²) in [5.41, 5.74) is 1.94. The van der Waals surface area contributed by atoms with Crippen LogP contribution in [0.15, 0.2) is 30.3 Å². The molecule has 2 rings (SSSR count). The van der Waals surface area contributed by atoms with Crippen molar-refractivity contribution < 1.29 is 5.11 Å². The number of rotatable bonds is 6. The van der Waals surface area contributed by atoms with Crippen LogP contribution in [0.2, 0.25) is 5.15 Å². The first-order chi connectivity index (χ1) is 8.81. The molecule has 18 heavy (non-hydrogen) atoms. The summed E-state index contributed by atoms with van der Waals surface area (Å²) >= 11 is 6.15. The number of unbranched alkanes of at least 4 members (excludes halogenated alkanes) is 1. The Balaban J connectivity index is 2.01. The van der Waals surface area contributed by atoms with Crippen LogP contribution >= 0.6 is 11.6 Å². The lowest BCUT2D eigenvalue weighted by molar-refractivity contribution is 0.283. The fraction of sp³-hybridized carbons (Fsp3) is 0.357. The molecule has 0 bridgehead atoms. The molecule has 0 fully saturated rings. The summed E-state index contributed by atoms with van der Waals surface area (Å²) < 4.78 is 0. The summed E-state index contributed by atoms with van der Waals surface area (Å²) in [5, 5.41) is 13.7. The molecule has 1 aromatic heterocycles. The first-order valence-corrected chi connectivity index (χ1v) is 6.55. The van der Waals surface area contributed by atoms with Crippen LogP contribution in [0.5, 0.6) is 0 Å². The van der Waals surface area contributed by atoms with E-state index in [1.165, 1.54) is 0 Å². The van der Waals surface area contributed by atoms with Crippen molar-refractivity contribution in [1.29, 1.82) is 0 Å². The largest absolute Gasteiger partial charge is 0.396 e. The van der Waals surface area contributed by atoms with E-state index < -0.39 is 0 Å². The van der Waals surface area contributed by atoms with Crippen LogP contribution in [-0.4, -0.2) is 23.2 Å². The summed E-state index contributed by atoms with van der Waals surface area (Å²) in [5.74, 6) is 0. The highest BCUT2D eigenvalue weighted by atomic mass is 35.5. The minimum Gasteiger partial charge on any atom is -0.396 e. The quantitative estimate of drug-likeness (QED) is 0.623. The van der Waals surface area contributed by atoms with Gasteiger partial charge in [0.2, 0.25) is 0 Å². The summed E-state index contributed by atoms with van der Waals surface area (Å²) in [6.07, 6.45) is 1.80. The Bertz CT molecular complexity index is 516. The molecule has 3 nitrogen and oxygen atoms in total. The zero-order valence-electron chi connectivity index (χ0n) is 10.2. The topological polar surface area (TPSA) is 45.1 Å². The van der Waals surface area contributed by atoms with Gasteiger partial charge < -0.3 is 10.4 Å². The number of benzene rings is 1. The van der Waals surface area contributed by atoms with Crippen molar-refractivity contribution >= 4 is 22.5 Å². The Hall–Kier alpha value is -1.16. The predicted molar refractivity (Wildman–Crippen MR) is 74.8 cm³/mol. The van der Waals surface area contributed by atoms with E-state index in [-0.39, 0.29) is 6.61 Å². The fourth-order valence-corrected chi connectivity index (χ4v) is 2.06. The highest BCUT2D eigenvalue weighted by Gasteiger charge is 2.04. The first-order valence-electron chi connectivity index (χ1n) is 6.17. The van der Waals surface area contributed by atoms with Crippen molar-refractivity contribution in [2.75, 3.05) is 13.2 Å². The van der Waals surface area contributed by atoms with E-state index in [0.29, 0.717) is 11.7 Å². The average Bonchev–Trinajstić information content (AvgIpc) is 2.39. The zero-order valence-corrected chi connectivity index (χ0v) is 11.0. The number of aliphatic hydroxyl groups excluding tert-OH is 1. The van der Waals surface area contributed by atoms with E-state index >= 15 is 0 Å². The average molecular weight is 265 g/mol. The molecule has 2 aromatic rings. The van der Waals surface area contributed by atoms with Gasteiger partial charge in [0.15, 0.2) is 0 Å². The maximum atomic E-state index is 8.69. The lowest BCUT2D eigenvalue weighted by atomic mass is 10.1. The lowest BCUT2D eigenvalue weighted by Crippen LogP contribution is -2.15. The Morgan fingerprint density at radius 3 is 2.89 bits per heavy atom. The van der Waals surface area contributed by atoms with Gasteiger partial charge in [-0.1, -0.05) is 29.8 Å². The van der Waals surface area contributed by atoms with Gasteiger partial charge in [0.05, 0.1) is 5.52 Å². The van der Waals surface area contributed by atoms with Crippen LogP contribution in [0.25, 0.3) is 10.9 Å².